The van der Waals surface area contributed by atoms with Crippen molar-refractivity contribution in [2.75, 3.05) is 38.2 Å². The summed E-state index contributed by atoms with van der Waals surface area (Å²) in [5.41, 5.74) is 4.57. The van der Waals surface area contributed by atoms with Crippen LogP contribution in [0, 0.1) is 22.7 Å². The first-order valence-corrected chi connectivity index (χ1v) is 11.3. The summed E-state index contributed by atoms with van der Waals surface area (Å²) in [5.74, 6) is 0.827. The summed E-state index contributed by atoms with van der Waals surface area (Å²) in [4.78, 5) is 4.80. The molecule has 1 saturated heterocycles. The Bertz CT molecular complexity index is 1200. The van der Waals surface area contributed by atoms with Crippen molar-refractivity contribution in [2.24, 2.45) is 0 Å². The SMILES string of the molecule is COc1cccc([C@@H]2CN(CCc3ccc(C#N)cc3)CCN2c2ccc(C#N)cc2Cl)c1. The van der Waals surface area contributed by atoms with Crippen LogP contribution in [0.25, 0.3) is 0 Å². The van der Waals surface area contributed by atoms with Gasteiger partial charge < -0.3 is 9.64 Å². The lowest BCUT2D eigenvalue weighted by Gasteiger charge is -2.43. The maximum atomic E-state index is 9.21. The Morgan fingerprint density at radius 3 is 2.42 bits per heavy atom. The molecule has 1 fully saturated rings. The molecule has 3 aromatic rings. The molecule has 6 heteroatoms. The number of halogens is 1. The molecule has 0 amide bonds. The van der Waals surface area contributed by atoms with Crippen molar-refractivity contribution in [1.82, 2.24) is 4.90 Å². The van der Waals surface area contributed by atoms with Gasteiger partial charge in [-0.3, -0.25) is 4.90 Å². The van der Waals surface area contributed by atoms with Crippen LogP contribution in [-0.2, 0) is 6.42 Å². The molecule has 33 heavy (non-hydrogen) atoms. The summed E-state index contributed by atoms with van der Waals surface area (Å²) in [6, 6.07) is 25.9. The minimum Gasteiger partial charge on any atom is -0.497 e. The Labute approximate surface area is 200 Å². The molecule has 0 aromatic heterocycles. The Kier molecular flexibility index (Phi) is 7.15. The van der Waals surface area contributed by atoms with Gasteiger partial charge in [0.25, 0.3) is 0 Å². The summed E-state index contributed by atoms with van der Waals surface area (Å²) < 4.78 is 5.47. The molecule has 0 spiro atoms. The molecular formula is C27H25ClN4O. The summed E-state index contributed by atoms with van der Waals surface area (Å²) in [7, 11) is 1.68. The summed E-state index contributed by atoms with van der Waals surface area (Å²) in [5, 5.41) is 18.8. The average molecular weight is 457 g/mol. The van der Waals surface area contributed by atoms with E-state index in [-0.39, 0.29) is 6.04 Å². The lowest BCUT2D eigenvalue weighted by atomic mass is 10.00. The van der Waals surface area contributed by atoms with E-state index < -0.39 is 0 Å². The van der Waals surface area contributed by atoms with E-state index >= 15 is 0 Å². The van der Waals surface area contributed by atoms with Crippen LogP contribution in [-0.4, -0.2) is 38.2 Å². The zero-order chi connectivity index (χ0) is 23.2. The predicted molar refractivity (Wildman–Crippen MR) is 131 cm³/mol. The van der Waals surface area contributed by atoms with E-state index in [4.69, 9.17) is 21.6 Å². The second kappa shape index (κ2) is 10.4. The van der Waals surface area contributed by atoms with Crippen molar-refractivity contribution in [3.8, 4) is 17.9 Å². The number of nitriles is 2. The molecule has 1 atom stereocenters. The van der Waals surface area contributed by atoms with Crippen LogP contribution in [0.1, 0.15) is 28.3 Å². The van der Waals surface area contributed by atoms with E-state index in [1.54, 1.807) is 13.2 Å². The number of ether oxygens (including phenoxy) is 1. The molecule has 0 N–H and O–H groups in total. The molecule has 1 aliphatic heterocycles. The summed E-state index contributed by atoms with van der Waals surface area (Å²) >= 11 is 6.60. The third-order valence-electron chi connectivity index (χ3n) is 6.13. The lowest BCUT2D eigenvalue weighted by Crippen LogP contribution is -2.49. The van der Waals surface area contributed by atoms with Gasteiger partial charge in [-0.2, -0.15) is 10.5 Å². The molecule has 1 aliphatic rings. The van der Waals surface area contributed by atoms with E-state index in [2.05, 4.69) is 34.1 Å². The first-order valence-electron chi connectivity index (χ1n) is 10.9. The number of rotatable bonds is 6. The third-order valence-corrected chi connectivity index (χ3v) is 6.43. The van der Waals surface area contributed by atoms with Gasteiger partial charge in [0.15, 0.2) is 0 Å². The van der Waals surface area contributed by atoms with Crippen LogP contribution in [0.15, 0.2) is 66.7 Å². The number of hydrogen-bond acceptors (Lipinski definition) is 5. The molecule has 0 aliphatic carbocycles. The molecule has 0 radical (unpaired) electrons. The Morgan fingerprint density at radius 2 is 1.73 bits per heavy atom. The van der Waals surface area contributed by atoms with Crippen LogP contribution < -0.4 is 9.64 Å². The van der Waals surface area contributed by atoms with Gasteiger partial charge in [-0.1, -0.05) is 35.9 Å². The number of nitrogens with zero attached hydrogens (tertiary/aromatic N) is 4. The zero-order valence-corrected chi connectivity index (χ0v) is 19.3. The normalized spacial score (nSPS) is 16.1. The molecule has 166 valence electrons. The second-order valence-electron chi connectivity index (χ2n) is 8.12. The van der Waals surface area contributed by atoms with E-state index in [0.717, 1.165) is 49.6 Å². The third kappa shape index (κ3) is 5.29. The second-order valence-corrected chi connectivity index (χ2v) is 8.53. The van der Waals surface area contributed by atoms with Gasteiger partial charge in [-0.05, 0) is 60.0 Å². The number of hydrogen-bond donors (Lipinski definition) is 0. The van der Waals surface area contributed by atoms with Crippen molar-refractivity contribution in [1.29, 1.82) is 10.5 Å². The quantitative estimate of drug-likeness (QED) is 0.510. The van der Waals surface area contributed by atoms with Gasteiger partial charge in [-0.25, -0.2) is 0 Å². The minimum atomic E-state index is 0.0975. The standard InChI is InChI=1S/C27H25ClN4O/c1-33-24-4-2-3-23(16-24)27-19-31(12-11-20-5-7-21(17-29)8-6-20)13-14-32(27)26-10-9-22(18-30)15-25(26)28/h2-10,15-16,27H,11-14,19H2,1H3/t27-/m0/s1. The maximum Gasteiger partial charge on any atom is 0.119 e. The highest BCUT2D eigenvalue weighted by atomic mass is 35.5. The predicted octanol–water partition coefficient (Wildman–Crippen LogP) is 5.20. The topological polar surface area (TPSA) is 63.3 Å². The van der Waals surface area contributed by atoms with Gasteiger partial charge in [0.05, 0.1) is 47.1 Å². The average Bonchev–Trinajstić information content (AvgIpc) is 2.87. The number of methoxy groups -OCH3 is 1. The fourth-order valence-corrected chi connectivity index (χ4v) is 4.60. The van der Waals surface area contributed by atoms with Gasteiger partial charge in [0.2, 0.25) is 0 Å². The van der Waals surface area contributed by atoms with Crippen LogP contribution in [0.4, 0.5) is 5.69 Å². The first kappa shape index (κ1) is 22.7. The number of benzene rings is 3. The van der Waals surface area contributed by atoms with Crippen LogP contribution in [0.5, 0.6) is 5.75 Å². The molecule has 1 heterocycles. The van der Waals surface area contributed by atoms with Gasteiger partial charge in [0.1, 0.15) is 5.75 Å². The van der Waals surface area contributed by atoms with E-state index in [0.29, 0.717) is 16.1 Å². The molecule has 0 saturated carbocycles. The molecule has 3 aromatic carbocycles. The molecule has 0 bridgehead atoms. The highest BCUT2D eigenvalue weighted by Gasteiger charge is 2.30. The van der Waals surface area contributed by atoms with Gasteiger partial charge in [0, 0.05) is 26.2 Å². The fourth-order valence-electron chi connectivity index (χ4n) is 4.31. The van der Waals surface area contributed by atoms with Crippen molar-refractivity contribution in [3.05, 3.63) is 94.0 Å². The molecule has 0 unspecified atom stereocenters. The van der Waals surface area contributed by atoms with E-state index in [9.17, 15) is 5.26 Å². The Morgan fingerprint density at radius 1 is 0.970 bits per heavy atom. The van der Waals surface area contributed by atoms with E-state index in [1.165, 1.54) is 5.56 Å². The zero-order valence-electron chi connectivity index (χ0n) is 18.5. The largest absolute Gasteiger partial charge is 0.497 e. The molecule has 4 rings (SSSR count). The van der Waals surface area contributed by atoms with Crippen molar-refractivity contribution in [2.45, 2.75) is 12.5 Å². The first-order chi connectivity index (χ1) is 16.1. The van der Waals surface area contributed by atoms with E-state index in [1.807, 2.05) is 48.5 Å². The number of anilines is 1. The van der Waals surface area contributed by atoms with Crippen molar-refractivity contribution in [3.63, 3.8) is 0 Å². The maximum absolute atomic E-state index is 9.21. The Balaban J connectivity index is 1.57. The smallest absolute Gasteiger partial charge is 0.119 e. The highest BCUT2D eigenvalue weighted by molar-refractivity contribution is 6.33. The molecular weight excluding hydrogens is 432 g/mol. The monoisotopic (exact) mass is 456 g/mol. The Hall–Kier alpha value is -3.51. The van der Waals surface area contributed by atoms with Crippen LogP contribution >= 0.6 is 11.6 Å². The number of piperazine rings is 1. The van der Waals surface area contributed by atoms with Crippen molar-refractivity contribution >= 4 is 17.3 Å². The van der Waals surface area contributed by atoms with Crippen LogP contribution in [0.3, 0.4) is 0 Å². The van der Waals surface area contributed by atoms with Gasteiger partial charge in [-0.15, -0.1) is 0 Å². The fraction of sp³-hybridized carbons (Fsp3) is 0.259. The minimum absolute atomic E-state index is 0.0975. The van der Waals surface area contributed by atoms with Crippen LogP contribution in [0.2, 0.25) is 5.02 Å². The summed E-state index contributed by atoms with van der Waals surface area (Å²) in [6.45, 7) is 3.51. The summed E-state index contributed by atoms with van der Waals surface area (Å²) in [6.07, 6.45) is 0.925. The van der Waals surface area contributed by atoms with Crippen molar-refractivity contribution < 1.29 is 4.74 Å². The van der Waals surface area contributed by atoms with Gasteiger partial charge >= 0.3 is 0 Å². The highest BCUT2D eigenvalue weighted by Crippen LogP contribution is 2.36. The lowest BCUT2D eigenvalue weighted by molar-refractivity contribution is 0.225. The molecule has 5 nitrogen and oxygen atoms in total.